The first kappa shape index (κ1) is 27.5. The molecule has 0 N–H and O–H groups in total. The Labute approximate surface area is 283 Å². The molecule has 0 amide bonds. The summed E-state index contributed by atoms with van der Waals surface area (Å²) >= 11 is 0. The van der Waals surface area contributed by atoms with Crippen LogP contribution in [0.3, 0.4) is 0 Å². The Morgan fingerprint density at radius 3 is 1.65 bits per heavy atom. The van der Waals surface area contributed by atoms with Gasteiger partial charge in [-0.3, -0.25) is 0 Å². The molecular weight excluding hydrogens is 597 g/mol. The van der Waals surface area contributed by atoms with Crippen LogP contribution in [0.4, 0.5) is 17.1 Å². The number of hydrogen-bond acceptors (Lipinski definition) is 2. The van der Waals surface area contributed by atoms with Crippen molar-refractivity contribution in [1.29, 1.82) is 0 Å². The standard InChI is InChI=1S/C46H30N2O/c1-2-10-31(11-3-1)32-18-21-35(22-19-32)47(38-23-20-33-30-46-42(29-34(33)28-38)41-14-6-9-17-45(41)49-46)36-24-26-37(27-25-36)48-43-15-7-4-12-39(43)40-13-5-8-16-44(40)48/h1-30H. The normalized spacial score (nSPS) is 11.7. The van der Waals surface area contributed by atoms with E-state index in [1.165, 1.54) is 38.3 Å². The Hall–Kier alpha value is -6.58. The van der Waals surface area contributed by atoms with Gasteiger partial charge in [-0.25, -0.2) is 0 Å². The van der Waals surface area contributed by atoms with E-state index in [0.29, 0.717) is 0 Å². The molecule has 0 radical (unpaired) electrons. The number of fused-ring (bicyclic) bond motifs is 7. The van der Waals surface area contributed by atoms with Gasteiger partial charge in [-0.05, 0) is 101 Å². The third-order valence-electron chi connectivity index (χ3n) is 9.76. The van der Waals surface area contributed by atoms with Crippen molar-refractivity contribution in [3.8, 4) is 16.8 Å². The predicted molar refractivity (Wildman–Crippen MR) is 206 cm³/mol. The van der Waals surface area contributed by atoms with E-state index in [-0.39, 0.29) is 0 Å². The molecule has 49 heavy (non-hydrogen) atoms. The van der Waals surface area contributed by atoms with Crippen LogP contribution < -0.4 is 4.90 Å². The lowest BCUT2D eigenvalue weighted by Crippen LogP contribution is -2.10. The number of rotatable bonds is 5. The zero-order chi connectivity index (χ0) is 32.3. The van der Waals surface area contributed by atoms with Crippen LogP contribution in [0, 0.1) is 0 Å². The van der Waals surface area contributed by atoms with Crippen LogP contribution in [-0.2, 0) is 0 Å². The molecule has 3 heteroatoms. The summed E-state index contributed by atoms with van der Waals surface area (Å²) in [4.78, 5) is 2.35. The number of aromatic nitrogens is 1. The highest BCUT2D eigenvalue weighted by Crippen LogP contribution is 2.40. The maximum Gasteiger partial charge on any atom is 0.136 e. The fraction of sp³-hybridized carbons (Fsp3) is 0. The van der Waals surface area contributed by atoms with Gasteiger partial charge in [-0.15, -0.1) is 0 Å². The minimum absolute atomic E-state index is 0.912. The molecule has 230 valence electrons. The zero-order valence-electron chi connectivity index (χ0n) is 26.6. The summed E-state index contributed by atoms with van der Waals surface area (Å²) in [6.07, 6.45) is 0. The summed E-state index contributed by atoms with van der Waals surface area (Å²) in [5.74, 6) is 0. The molecule has 0 aliphatic carbocycles. The number of nitrogens with zero attached hydrogens (tertiary/aromatic N) is 2. The summed E-state index contributed by atoms with van der Waals surface area (Å²) in [6.45, 7) is 0. The minimum Gasteiger partial charge on any atom is -0.456 e. The number of para-hydroxylation sites is 3. The van der Waals surface area contributed by atoms with Crippen molar-refractivity contribution < 1.29 is 4.42 Å². The first-order valence-corrected chi connectivity index (χ1v) is 16.7. The maximum atomic E-state index is 6.21. The monoisotopic (exact) mass is 626 g/mol. The van der Waals surface area contributed by atoms with Crippen molar-refractivity contribution in [2.24, 2.45) is 0 Å². The fourth-order valence-electron chi connectivity index (χ4n) is 7.43. The Kier molecular flexibility index (Phi) is 6.18. The minimum atomic E-state index is 0.912. The quantitative estimate of drug-likeness (QED) is 0.190. The lowest BCUT2D eigenvalue weighted by atomic mass is 10.0. The Morgan fingerprint density at radius 2 is 0.939 bits per heavy atom. The molecule has 0 fully saturated rings. The zero-order valence-corrected chi connectivity index (χ0v) is 26.6. The van der Waals surface area contributed by atoms with Crippen LogP contribution in [0.2, 0.25) is 0 Å². The predicted octanol–water partition coefficient (Wildman–Crippen LogP) is 13.0. The van der Waals surface area contributed by atoms with Crippen LogP contribution >= 0.6 is 0 Å². The van der Waals surface area contributed by atoms with E-state index >= 15 is 0 Å². The second-order valence-electron chi connectivity index (χ2n) is 12.6. The lowest BCUT2D eigenvalue weighted by molar-refractivity contribution is 0.669. The van der Waals surface area contributed by atoms with Crippen molar-refractivity contribution in [2.45, 2.75) is 0 Å². The molecule has 2 heterocycles. The van der Waals surface area contributed by atoms with Gasteiger partial charge in [0.1, 0.15) is 11.2 Å². The first-order valence-electron chi connectivity index (χ1n) is 16.7. The molecule has 0 aliphatic rings. The van der Waals surface area contributed by atoms with Gasteiger partial charge < -0.3 is 13.9 Å². The molecule has 0 saturated heterocycles. The van der Waals surface area contributed by atoms with E-state index < -0.39 is 0 Å². The maximum absolute atomic E-state index is 6.21. The largest absolute Gasteiger partial charge is 0.456 e. The molecule has 2 aromatic heterocycles. The van der Waals surface area contributed by atoms with E-state index in [0.717, 1.165) is 50.1 Å². The Balaban J connectivity index is 1.12. The SMILES string of the molecule is c1ccc(-c2ccc(N(c3ccc(-n4c5ccccc5c5ccccc54)cc3)c3ccc4cc5oc6ccccc6c5cc4c3)cc2)cc1. The van der Waals surface area contributed by atoms with Crippen molar-refractivity contribution >= 4 is 71.6 Å². The number of hydrogen-bond donors (Lipinski definition) is 0. The molecule has 0 bridgehead atoms. The summed E-state index contributed by atoms with van der Waals surface area (Å²) in [5, 5.41) is 7.12. The van der Waals surface area contributed by atoms with Crippen LogP contribution in [0.25, 0.3) is 71.3 Å². The lowest BCUT2D eigenvalue weighted by Gasteiger charge is -2.26. The third kappa shape index (κ3) is 4.51. The highest BCUT2D eigenvalue weighted by atomic mass is 16.3. The molecule has 0 unspecified atom stereocenters. The summed E-state index contributed by atoms with van der Waals surface area (Å²) in [5.41, 5.74) is 11.0. The molecule has 0 atom stereocenters. The van der Waals surface area contributed by atoms with Crippen LogP contribution in [0.1, 0.15) is 0 Å². The van der Waals surface area contributed by atoms with Gasteiger partial charge >= 0.3 is 0 Å². The van der Waals surface area contributed by atoms with Crippen LogP contribution in [0.15, 0.2) is 186 Å². The molecule has 0 saturated carbocycles. The van der Waals surface area contributed by atoms with Gasteiger partial charge in [0.15, 0.2) is 0 Å². The van der Waals surface area contributed by atoms with Gasteiger partial charge in [0.05, 0.1) is 11.0 Å². The van der Waals surface area contributed by atoms with Gasteiger partial charge in [-0.2, -0.15) is 0 Å². The highest BCUT2D eigenvalue weighted by Gasteiger charge is 2.17. The summed E-state index contributed by atoms with van der Waals surface area (Å²) in [7, 11) is 0. The molecule has 8 aromatic carbocycles. The number of anilines is 3. The number of benzene rings is 8. The van der Waals surface area contributed by atoms with Crippen LogP contribution in [0.5, 0.6) is 0 Å². The van der Waals surface area contributed by atoms with Crippen molar-refractivity contribution in [1.82, 2.24) is 4.57 Å². The van der Waals surface area contributed by atoms with E-state index in [1.54, 1.807) is 0 Å². The van der Waals surface area contributed by atoms with E-state index in [4.69, 9.17) is 4.42 Å². The van der Waals surface area contributed by atoms with Gasteiger partial charge in [0.2, 0.25) is 0 Å². The van der Waals surface area contributed by atoms with E-state index in [9.17, 15) is 0 Å². The van der Waals surface area contributed by atoms with Crippen molar-refractivity contribution in [2.75, 3.05) is 4.90 Å². The average Bonchev–Trinajstić information content (AvgIpc) is 3.70. The van der Waals surface area contributed by atoms with Gasteiger partial charge in [0, 0.05) is 44.3 Å². The Bertz CT molecular complexity index is 2750. The molecule has 10 rings (SSSR count). The third-order valence-corrected chi connectivity index (χ3v) is 9.76. The molecule has 0 spiro atoms. The summed E-state index contributed by atoms with van der Waals surface area (Å²) in [6, 6.07) is 65.1. The second kappa shape index (κ2) is 11.0. The van der Waals surface area contributed by atoms with Gasteiger partial charge in [-0.1, -0.05) is 103 Å². The smallest absolute Gasteiger partial charge is 0.136 e. The summed E-state index contributed by atoms with van der Waals surface area (Å²) < 4.78 is 8.57. The molecular formula is C46H30N2O. The molecule has 0 aliphatic heterocycles. The highest BCUT2D eigenvalue weighted by molar-refractivity contribution is 6.11. The fourth-order valence-corrected chi connectivity index (χ4v) is 7.43. The second-order valence-corrected chi connectivity index (χ2v) is 12.6. The topological polar surface area (TPSA) is 21.3 Å². The number of furan rings is 1. The molecule has 3 nitrogen and oxygen atoms in total. The van der Waals surface area contributed by atoms with E-state index in [1.807, 2.05) is 12.1 Å². The van der Waals surface area contributed by atoms with Crippen molar-refractivity contribution in [3.63, 3.8) is 0 Å². The van der Waals surface area contributed by atoms with Crippen LogP contribution in [-0.4, -0.2) is 4.57 Å². The molecule has 10 aromatic rings. The van der Waals surface area contributed by atoms with Crippen molar-refractivity contribution in [3.05, 3.63) is 182 Å². The van der Waals surface area contributed by atoms with E-state index in [2.05, 4.69) is 179 Å². The first-order chi connectivity index (χ1) is 24.3. The Morgan fingerprint density at radius 1 is 0.367 bits per heavy atom. The van der Waals surface area contributed by atoms with Gasteiger partial charge in [0.25, 0.3) is 0 Å². The average molecular weight is 627 g/mol.